The molecule has 0 fully saturated rings. The molecule has 0 spiro atoms. The molecule has 0 aliphatic carbocycles. The van der Waals surface area contributed by atoms with Gasteiger partial charge in [0, 0.05) is 43.9 Å². The minimum absolute atomic E-state index is 0.569. The zero-order chi connectivity index (χ0) is 41.0. The van der Waals surface area contributed by atoms with Crippen LogP contribution < -0.4 is 0 Å². The number of furan rings is 1. The van der Waals surface area contributed by atoms with Gasteiger partial charge in [-0.25, -0.2) is 15.0 Å². The summed E-state index contributed by atoms with van der Waals surface area (Å²) in [5, 5.41) is 4.39. The van der Waals surface area contributed by atoms with E-state index in [4.69, 9.17) is 19.4 Å². The Morgan fingerprint density at radius 3 is 1.35 bits per heavy atom. The van der Waals surface area contributed by atoms with Crippen LogP contribution in [0.3, 0.4) is 0 Å². The minimum atomic E-state index is 0.569. The van der Waals surface area contributed by atoms with Crippen LogP contribution in [-0.4, -0.2) is 19.5 Å². The van der Waals surface area contributed by atoms with Gasteiger partial charge in [0.15, 0.2) is 23.1 Å². The summed E-state index contributed by atoms with van der Waals surface area (Å²) in [5.41, 5.74) is 14.3. The van der Waals surface area contributed by atoms with E-state index in [1.807, 2.05) is 12.1 Å². The van der Waals surface area contributed by atoms with Crippen molar-refractivity contribution in [2.24, 2.45) is 0 Å². The Morgan fingerprint density at radius 2 is 0.758 bits per heavy atom. The predicted octanol–water partition coefficient (Wildman–Crippen LogP) is 14.9. The van der Waals surface area contributed by atoms with Crippen LogP contribution in [0.25, 0.3) is 117 Å². The fourth-order valence-corrected chi connectivity index (χ4v) is 8.84. The summed E-state index contributed by atoms with van der Waals surface area (Å²) < 4.78 is 9.35. The number of hydrogen-bond acceptors (Lipinski definition) is 4. The maximum Gasteiger partial charge on any atom is 0.164 e. The third-order valence-corrected chi connectivity index (χ3v) is 11.8. The topological polar surface area (TPSA) is 56.7 Å². The van der Waals surface area contributed by atoms with Crippen molar-refractivity contribution in [2.75, 3.05) is 0 Å². The Hall–Kier alpha value is -8.41. The van der Waals surface area contributed by atoms with Gasteiger partial charge in [0.25, 0.3) is 0 Å². The van der Waals surface area contributed by atoms with Crippen molar-refractivity contribution in [3.8, 4) is 73.2 Å². The molecule has 62 heavy (non-hydrogen) atoms. The average Bonchev–Trinajstić information content (AvgIpc) is 3.90. The number of hydrogen-bond donors (Lipinski definition) is 0. The zero-order valence-electron chi connectivity index (χ0n) is 33.5. The predicted molar refractivity (Wildman–Crippen MR) is 254 cm³/mol. The Bertz CT molecular complexity index is 3530. The van der Waals surface area contributed by atoms with Gasteiger partial charge < -0.3 is 8.98 Å². The van der Waals surface area contributed by atoms with Gasteiger partial charge in [-0.3, -0.25) is 0 Å². The summed E-state index contributed by atoms with van der Waals surface area (Å²) in [4.78, 5) is 15.5. The van der Waals surface area contributed by atoms with Gasteiger partial charge >= 0.3 is 0 Å². The van der Waals surface area contributed by atoms with Crippen molar-refractivity contribution in [3.63, 3.8) is 0 Å². The summed E-state index contributed by atoms with van der Waals surface area (Å²) in [5.74, 6) is 1.77. The van der Waals surface area contributed by atoms with Crippen LogP contribution in [0.5, 0.6) is 0 Å². The highest BCUT2D eigenvalue weighted by Gasteiger charge is 2.21. The van der Waals surface area contributed by atoms with E-state index >= 15 is 0 Å². The molecular weight excluding hydrogens is 757 g/mol. The second-order valence-electron chi connectivity index (χ2n) is 15.6. The molecule has 0 aliphatic rings. The first-order valence-corrected chi connectivity index (χ1v) is 20.8. The van der Waals surface area contributed by atoms with E-state index in [-0.39, 0.29) is 0 Å². The Morgan fingerprint density at radius 1 is 0.306 bits per heavy atom. The van der Waals surface area contributed by atoms with E-state index in [2.05, 4.69) is 211 Å². The summed E-state index contributed by atoms with van der Waals surface area (Å²) in [7, 11) is 0. The summed E-state index contributed by atoms with van der Waals surface area (Å²) in [6.07, 6.45) is 0. The number of rotatable bonds is 7. The molecule has 3 heterocycles. The number of fused-ring (bicyclic) bond motifs is 7. The SMILES string of the molecule is c1ccc(-c2cccc(-c3nc(-c4cccc(-c5ccccc5)c4)nc(-c4ccc5c(c4)oc4c5ccc5c6ccccc6n(-c6cccc(-c7ccccc7)c6)c54)n3)c2)cc1. The second kappa shape index (κ2) is 14.7. The Labute approximate surface area is 357 Å². The summed E-state index contributed by atoms with van der Waals surface area (Å²) in [6, 6.07) is 76.2. The maximum absolute atomic E-state index is 7.00. The van der Waals surface area contributed by atoms with Gasteiger partial charge in [0.1, 0.15) is 5.58 Å². The van der Waals surface area contributed by atoms with Crippen LogP contribution in [0.1, 0.15) is 0 Å². The molecule has 0 saturated heterocycles. The van der Waals surface area contributed by atoms with Gasteiger partial charge in [-0.1, -0.05) is 170 Å². The largest absolute Gasteiger partial charge is 0.454 e. The molecule has 0 aliphatic heterocycles. The number of benzene rings is 9. The quantitative estimate of drug-likeness (QED) is 0.161. The van der Waals surface area contributed by atoms with E-state index in [1.165, 1.54) is 10.9 Å². The number of para-hydroxylation sites is 1. The lowest BCUT2D eigenvalue weighted by Crippen LogP contribution is -2.00. The first-order valence-electron chi connectivity index (χ1n) is 20.8. The molecule has 290 valence electrons. The van der Waals surface area contributed by atoms with Gasteiger partial charge in [-0.15, -0.1) is 0 Å². The van der Waals surface area contributed by atoms with Gasteiger partial charge in [0.05, 0.1) is 11.0 Å². The molecule has 5 nitrogen and oxygen atoms in total. The van der Waals surface area contributed by atoms with E-state index in [0.29, 0.717) is 17.5 Å². The minimum Gasteiger partial charge on any atom is -0.454 e. The molecule has 0 unspecified atom stereocenters. The molecule has 0 atom stereocenters. The highest BCUT2D eigenvalue weighted by Crippen LogP contribution is 2.42. The van der Waals surface area contributed by atoms with Crippen LogP contribution >= 0.6 is 0 Å². The molecule has 0 N–H and O–H groups in total. The van der Waals surface area contributed by atoms with Gasteiger partial charge in [-0.05, 0) is 81.9 Å². The van der Waals surface area contributed by atoms with E-state index in [0.717, 1.165) is 88.6 Å². The van der Waals surface area contributed by atoms with Crippen molar-refractivity contribution in [2.45, 2.75) is 0 Å². The van der Waals surface area contributed by atoms with Crippen LogP contribution in [0, 0.1) is 0 Å². The highest BCUT2D eigenvalue weighted by atomic mass is 16.3. The van der Waals surface area contributed by atoms with Gasteiger partial charge in [-0.2, -0.15) is 0 Å². The molecule has 0 radical (unpaired) electrons. The first kappa shape index (κ1) is 35.5. The Kier molecular flexibility index (Phi) is 8.42. The lowest BCUT2D eigenvalue weighted by Gasteiger charge is -2.10. The highest BCUT2D eigenvalue weighted by molar-refractivity contribution is 6.21. The first-order chi connectivity index (χ1) is 30.7. The van der Waals surface area contributed by atoms with Crippen molar-refractivity contribution in [1.82, 2.24) is 19.5 Å². The molecule has 5 heteroatoms. The van der Waals surface area contributed by atoms with E-state index in [1.54, 1.807) is 0 Å². The molecule has 0 bridgehead atoms. The van der Waals surface area contributed by atoms with E-state index < -0.39 is 0 Å². The molecule has 0 amide bonds. The van der Waals surface area contributed by atoms with Gasteiger partial charge in [0.2, 0.25) is 0 Å². The Balaban J connectivity index is 1.04. The van der Waals surface area contributed by atoms with Crippen LogP contribution in [0.2, 0.25) is 0 Å². The normalized spacial score (nSPS) is 11.5. The molecule has 9 aromatic carbocycles. The fraction of sp³-hybridized carbons (Fsp3) is 0. The monoisotopic (exact) mass is 792 g/mol. The van der Waals surface area contributed by atoms with E-state index in [9.17, 15) is 0 Å². The molecular formula is C57H36N4O. The molecule has 3 aromatic heterocycles. The lowest BCUT2D eigenvalue weighted by atomic mass is 10.0. The number of aromatic nitrogens is 4. The zero-order valence-corrected chi connectivity index (χ0v) is 33.5. The average molecular weight is 793 g/mol. The van der Waals surface area contributed by atoms with Crippen molar-refractivity contribution in [1.29, 1.82) is 0 Å². The summed E-state index contributed by atoms with van der Waals surface area (Å²) >= 11 is 0. The van der Waals surface area contributed by atoms with Crippen molar-refractivity contribution in [3.05, 3.63) is 218 Å². The van der Waals surface area contributed by atoms with Crippen molar-refractivity contribution >= 4 is 43.7 Å². The standard InChI is InChI=1S/C57H36N4O/c1-4-15-37(16-5-1)40-21-12-24-43(33-40)55-58-56(44-25-13-22-41(34-44)38-17-6-2-7-18-38)60-57(59-55)45-29-30-48-50-32-31-49-47-27-10-11-28-51(47)61(53(49)54(50)62-52(48)36-45)46-26-14-23-42(35-46)39-19-8-3-9-20-39/h1-36H. The van der Waals surface area contributed by atoms with Crippen molar-refractivity contribution < 1.29 is 4.42 Å². The van der Waals surface area contributed by atoms with Crippen LogP contribution in [-0.2, 0) is 0 Å². The third-order valence-electron chi connectivity index (χ3n) is 11.8. The van der Waals surface area contributed by atoms with Crippen LogP contribution in [0.15, 0.2) is 223 Å². The molecule has 0 saturated carbocycles. The smallest absolute Gasteiger partial charge is 0.164 e. The lowest BCUT2D eigenvalue weighted by molar-refractivity contribution is 0.671. The second-order valence-corrected chi connectivity index (χ2v) is 15.6. The maximum atomic E-state index is 7.00. The summed E-state index contributed by atoms with van der Waals surface area (Å²) in [6.45, 7) is 0. The number of nitrogens with zero attached hydrogens (tertiary/aromatic N) is 4. The molecule has 12 aromatic rings. The fourth-order valence-electron chi connectivity index (χ4n) is 8.84. The molecule has 12 rings (SSSR count). The third kappa shape index (κ3) is 6.14. The van der Waals surface area contributed by atoms with Crippen LogP contribution in [0.4, 0.5) is 0 Å².